The lowest BCUT2D eigenvalue weighted by Crippen LogP contribution is -2.45. The van der Waals surface area contributed by atoms with Crippen LogP contribution >= 0.6 is 31.9 Å². The van der Waals surface area contributed by atoms with E-state index in [2.05, 4.69) is 31.9 Å². The van der Waals surface area contributed by atoms with Crippen LogP contribution in [0.3, 0.4) is 0 Å². The summed E-state index contributed by atoms with van der Waals surface area (Å²) in [6.07, 6.45) is 0. The van der Waals surface area contributed by atoms with Gasteiger partial charge in [-0.15, -0.1) is 0 Å². The van der Waals surface area contributed by atoms with E-state index in [-0.39, 0.29) is 8.95 Å². The van der Waals surface area contributed by atoms with Gasteiger partial charge in [0.1, 0.15) is 22.8 Å². The topological polar surface area (TPSA) is 40.5 Å². The Bertz CT molecular complexity index is 654. The molecule has 0 spiro atoms. The number of hydrogen-bond acceptors (Lipinski definition) is 2. The normalized spacial score (nSPS) is 16.9. The first kappa shape index (κ1) is 17.5. The third kappa shape index (κ3) is 2.97. The van der Waals surface area contributed by atoms with Gasteiger partial charge in [-0.3, -0.25) is 0 Å². The minimum Gasteiger partial charge on any atom is -0.382 e. The minimum atomic E-state index is -1.72. The van der Waals surface area contributed by atoms with Crippen molar-refractivity contribution in [3.63, 3.8) is 0 Å². The van der Waals surface area contributed by atoms with E-state index in [0.29, 0.717) is 11.1 Å². The Labute approximate surface area is 144 Å². The Morgan fingerprint density at radius 2 is 1.09 bits per heavy atom. The van der Waals surface area contributed by atoms with Crippen molar-refractivity contribution in [1.29, 1.82) is 0 Å². The largest absolute Gasteiger partial charge is 0.382 e. The maximum atomic E-state index is 13.4. The molecule has 2 unspecified atom stereocenters. The zero-order valence-corrected chi connectivity index (χ0v) is 15.0. The van der Waals surface area contributed by atoms with Gasteiger partial charge in [0.2, 0.25) is 0 Å². The summed E-state index contributed by atoms with van der Waals surface area (Å²) in [5.74, 6) is -0.938. The van der Waals surface area contributed by atoms with Gasteiger partial charge in [0.05, 0.1) is 8.95 Å². The summed E-state index contributed by atoms with van der Waals surface area (Å²) in [6, 6.07) is 8.00. The molecular formula is C16H14Br2F2O2. The highest BCUT2D eigenvalue weighted by atomic mass is 79.9. The Kier molecular flexibility index (Phi) is 4.78. The van der Waals surface area contributed by atoms with E-state index in [9.17, 15) is 19.0 Å². The first-order valence-corrected chi connectivity index (χ1v) is 8.02. The van der Waals surface area contributed by atoms with Gasteiger partial charge >= 0.3 is 0 Å². The predicted molar refractivity (Wildman–Crippen MR) is 87.3 cm³/mol. The average molecular weight is 436 g/mol. The lowest BCUT2D eigenvalue weighted by molar-refractivity contribution is -0.143. The molecule has 118 valence electrons. The van der Waals surface area contributed by atoms with Gasteiger partial charge in [0, 0.05) is 0 Å². The van der Waals surface area contributed by atoms with Crippen LogP contribution in [0.4, 0.5) is 8.78 Å². The fraction of sp³-hybridized carbons (Fsp3) is 0.250. The lowest BCUT2D eigenvalue weighted by Gasteiger charge is -2.39. The Balaban J connectivity index is 2.53. The molecule has 0 heterocycles. The van der Waals surface area contributed by atoms with Crippen LogP contribution in [0.2, 0.25) is 0 Å². The second-order valence-electron chi connectivity index (χ2n) is 5.40. The molecule has 0 aromatic heterocycles. The summed E-state index contributed by atoms with van der Waals surface area (Å²) < 4.78 is 27.1. The van der Waals surface area contributed by atoms with Crippen molar-refractivity contribution >= 4 is 31.9 Å². The van der Waals surface area contributed by atoms with E-state index in [1.54, 1.807) is 0 Å². The van der Waals surface area contributed by atoms with E-state index < -0.39 is 22.8 Å². The standard InChI is InChI=1S/C16H14Br2F2O2/c1-15(21,9-3-5-13(19)11(17)7-9)16(2,22)10-4-6-14(20)12(18)8-10/h3-8,21-22H,1-2H3. The summed E-state index contributed by atoms with van der Waals surface area (Å²) >= 11 is 6.12. The van der Waals surface area contributed by atoms with Crippen LogP contribution in [-0.4, -0.2) is 10.2 Å². The molecule has 0 fully saturated rings. The molecule has 22 heavy (non-hydrogen) atoms. The van der Waals surface area contributed by atoms with Crippen LogP contribution < -0.4 is 0 Å². The Morgan fingerprint density at radius 1 is 0.773 bits per heavy atom. The summed E-state index contributed by atoms with van der Waals surface area (Å²) in [6.45, 7) is 2.84. The molecule has 6 heteroatoms. The van der Waals surface area contributed by atoms with Crippen LogP contribution in [0.1, 0.15) is 25.0 Å². The van der Waals surface area contributed by atoms with E-state index >= 15 is 0 Å². The number of rotatable bonds is 3. The maximum Gasteiger partial charge on any atom is 0.137 e. The highest BCUT2D eigenvalue weighted by Crippen LogP contribution is 2.41. The van der Waals surface area contributed by atoms with Crippen molar-refractivity contribution in [2.24, 2.45) is 0 Å². The highest BCUT2D eigenvalue weighted by molar-refractivity contribution is 9.10. The predicted octanol–water partition coefficient (Wildman–Crippen LogP) is 4.61. The summed E-state index contributed by atoms with van der Waals surface area (Å²) in [5.41, 5.74) is -2.79. The minimum absolute atomic E-state index is 0.182. The molecule has 2 nitrogen and oxygen atoms in total. The van der Waals surface area contributed by atoms with Gasteiger partial charge in [0.15, 0.2) is 0 Å². The van der Waals surface area contributed by atoms with Crippen LogP contribution in [0.25, 0.3) is 0 Å². The van der Waals surface area contributed by atoms with E-state index in [1.807, 2.05) is 0 Å². The third-order valence-corrected chi connectivity index (χ3v) is 5.13. The second-order valence-corrected chi connectivity index (χ2v) is 7.11. The lowest BCUT2D eigenvalue weighted by atomic mass is 9.76. The van der Waals surface area contributed by atoms with Crippen molar-refractivity contribution < 1.29 is 19.0 Å². The molecule has 2 aromatic carbocycles. The van der Waals surface area contributed by atoms with Gasteiger partial charge in [-0.25, -0.2) is 8.78 Å². The highest BCUT2D eigenvalue weighted by Gasteiger charge is 2.45. The number of halogens is 4. The molecule has 0 aliphatic carbocycles. The first-order valence-electron chi connectivity index (χ1n) is 6.43. The van der Waals surface area contributed by atoms with Crippen LogP contribution in [-0.2, 0) is 11.2 Å². The SMILES string of the molecule is CC(O)(c1ccc(F)c(Br)c1)C(C)(O)c1ccc(F)c(Br)c1. The molecule has 0 aliphatic heterocycles. The molecule has 0 saturated carbocycles. The molecule has 0 saturated heterocycles. The van der Waals surface area contributed by atoms with Gasteiger partial charge in [-0.2, -0.15) is 0 Å². The Hall–Kier alpha value is -0.820. The van der Waals surface area contributed by atoms with Crippen molar-refractivity contribution in [3.05, 3.63) is 68.1 Å². The molecule has 2 rings (SSSR count). The molecule has 0 bridgehead atoms. The van der Waals surface area contributed by atoms with Gasteiger partial charge < -0.3 is 10.2 Å². The first-order chi connectivity index (χ1) is 10.1. The summed E-state index contributed by atoms with van der Waals surface area (Å²) in [7, 11) is 0. The molecule has 0 radical (unpaired) electrons. The molecular weight excluding hydrogens is 422 g/mol. The van der Waals surface area contributed by atoms with E-state index in [0.717, 1.165) is 0 Å². The summed E-state index contributed by atoms with van der Waals surface area (Å²) in [4.78, 5) is 0. The molecule has 2 atom stereocenters. The zero-order valence-electron chi connectivity index (χ0n) is 11.9. The van der Waals surface area contributed by atoms with E-state index in [1.165, 1.54) is 50.2 Å². The van der Waals surface area contributed by atoms with Gasteiger partial charge in [-0.05, 0) is 81.1 Å². The fourth-order valence-electron chi connectivity index (χ4n) is 2.16. The zero-order chi connectivity index (χ0) is 16.7. The maximum absolute atomic E-state index is 13.4. The quantitative estimate of drug-likeness (QED) is 0.739. The van der Waals surface area contributed by atoms with Crippen LogP contribution in [0, 0.1) is 11.6 Å². The van der Waals surface area contributed by atoms with Gasteiger partial charge in [0.25, 0.3) is 0 Å². The summed E-state index contributed by atoms with van der Waals surface area (Å²) in [5, 5.41) is 21.7. The monoisotopic (exact) mass is 434 g/mol. The average Bonchev–Trinajstić information content (AvgIpc) is 2.44. The molecule has 2 N–H and O–H groups in total. The number of aliphatic hydroxyl groups is 2. The fourth-order valence-corrected chi connectivity index (χ4v) is 2.92. The number of hydrogen-bond donors (Lipinski definition) is 2. The van der Waals surface area contributed by atoms with Gasteiger partial charge in [-0.1, -0.05) is 12.1 Å². The smallest absolute Gasteiger partial charge is 0.137 e. The molecule has 2 aromatic rings. The van der Waals surface area contributed by atoms with Crippen molar-refractivity contribution in [2.75, 3.05) is 0 Å². The third-order valence-electron chi connectivity index (χ3n) is 3.91. The van der Waals surface area contributed by atoms with Crippen molar-refractivity contribution in [1.82, 2.24) is 0 Å². The second kappa shape index (κ2) is 6.00. The molecule has 0 amide bonds. The van der Waals surface area contributed by atoms with Crippen LogP contribution in [0.15, 0.2) is 45.3 Å². The van der Waals surface area contributed by atoms with Crippen molar-refractivity contribution in [3.8, 4) is 0 Å². The van der Waals surface area contributed by atoms with Crippen molar-refractivity contribution in [2.45, 2.75) is 25.0 Å². The molecule has 0 aliphatic rings. The Morgan fingerprint density at radius 3 is 1.36 bits per heavy atom. The van der Waals surface area contributed by atoms with Crippen LogP contribution in [0.5, 0.6) is 0 Å². The van der Waals surface area contributed by atoms with E-state index in [4.69, 9.17) is 0 Å². The number of benzene rings is 2.